The summed E-state index contributed by atoms with van der Waals surface area (Å²) in [6, 6.07) is 28.9. The number of nitrogens with zero attached hydrogens (tertiary/aromatic N) is 4. The van der Waals surface area contributed by atoms with Crippen LogP contribution in [-0.2, 0) is 19.4 Å². The standard InChI is InChI=1S/C26H23N5O/c1-2-13-25-21(10-1)14-15-23(27-25)18-32-24-12-5-9-20(17-24)7-3-6-19-8-4-11-22(16-19)26-28-30-31-29-26/h1-2,4-5,8-17H,3,6-7,18H2,(H,28,29,30,31). The van der Waals surface area contributed by atoms with Gasteiger partial charge in [-0.25, -0.2) is 4.98 Å². The Morgan fingerprint density at radius 3 is 2.50 bits per heavy atom. The molecule has 0 bridgehead atoms. The Morgan fingerprint density at radius 2 is 1.62 bits per heavy atom. The molecule has 0 unspecified atom stereocenters. The highest BCUT2D eigenvalue weighted by Gasteiger charge is 2.05. The number of hydrogen-bond acceptors (Lipinski definition) is 5. The van der Waals surface area contributed by atoms with Gasteiger partial charge in [0.25, 0.3) is 0 Å². The summed E-state index contributed by atoms with van der Waals surface area (Å²) in [5.74, 6) is 1.49. The molecular formula is C26H23N5O. The van der Waals surface area contributed by atoms with E-state index in [1.807, 2.05) is 42.5 Å². The van der Waals surface area contributed by atoms with E-state index in [0.717, 1.165) is 47.2 Å². The number of hydrogen-bond donors (Lipinski definition) is 1. The van der Waals surface area contributed by atoms with Gasteiger partial charge in [0.1, 0.15) is 12.4 Å². The van der Waals surface area contributed by atoms with Gasteiger partial charge in [-0.15, -0.1) is 10.2 Å². The first-order valence-electron chi connectivity index (χ1n) is 10.7. The summed E-state index contributed by atoms with van der Waals surface area (Å²) in [5, 5.41) is 15.4. The molecule has 2 heterocycles. The van der Waals surface area contributed by atoms with Crippen molar-refractivity contribution in [1.82, 2.24) is 25.6 Å². The summed E-state index contributed by atoms with van der Waals surface area (Å²) >= 11 is 0. The highest BCUT2D eigenvalue weighted by atomic mass is 16.5. The molecule has 0 saturated carbocycles. The molecule has 0 aliphatic heterocycles. The summed E-state index contributed by atoms with van der Waals surface area (Å²) in [6.45, 7) is 0.456. The fourth-order valence-corrected chi connectivity index (χ4v) is 3.78. The minimum absolute atomic E-state index is 0.456. The molecule has 0 fully saturated rings. The van der Waals surface area contributed by atoms with Gasteiger partial charge in [0.05, 0.1) is 11.2 Å². The Labute approximate surface area is 186 Å². The summed E-state index contributed by atoms with van der Waals surface area (Å²) in [5.41, 5.74) is 5.43. The van der Waals surface area contributed by atoms with Gasteiger partial charge in [0, 0.05) is 10.9 Å². The first kappa shape index (κ1) is 19.9. The van der Waals surface area contributed by atoms with Crippen LogP contribution in [0.5, 0.6) is 5.75 Å². The number of fused-ring (bicyclic) bond motifs is 1. The van der Waals surface area contributed by atoms with Crippen molar-refractivity contribution < 1.29 is 4.74 Å². The number of tetrazole rings is 1. The van der Waals surface area contributed by atoms with Crippen LogP contribution in [0.3, 0.4) is 0 Å². The topological polar surface area (TPSA) is 76.6 Å². The van der Waals surface area contributed by atoms with Gasteiger partial charge in [0.2, 0.25) is 5.82 Å². The van der Waals surface area contributed by atoms with E-state index in [1.54, 1.807) is 0 Å². The van der Waals surface area contributed by atoms with Crippen LogP contribution >= 0.6 is 0 Å². The van der Waals surface area contributed by atoms with Crippen LogP contribution < -0.4 is 4.74 Å². The van der Waals surface area contributed by atoms with Gasteiger partial charge in [-0.05, 0) is 65.9 Å². The molecule has 0 amide bonds. The van der Waals surface area contributed by atoms with Gasteiger partial charge in [-0.2, -0.15) is 5.21 Å². The Hall–Kier alpha value is -4.06. The molecule has 158 valence electrons. The van der Waals surface area contributed by atoms with E-state index >= 15 is 0 Å². The number of aromatic amines is 1. The SMILES string of the molecule is c1cc(CCCc2cccc(-c3nn[nH]n3)c2)cc(OCc2ccc3ccccc3n2)c1. The number of nitrogens with one attached hydrogen (secondary N) is 1. The van der Waals surface area contributed by atoms with E-state index in [0.29, 0.717) is 12.4 Å². The predicted octanol–water partition coefficient (Wildman–Crippen LogP) is 5.17. The van der Waals surface area contributed by atoms with Crippen molar-refractivity contribution in [2.24, 2.45) is 0 Å². The third-order valence-electron chi connectivity index (χ3n) is 5.40. The smallest absolute Gasteiger partial charge is 0.204 e. The number of ether oxygens (including phenoxy) is 1. The van der Waals surface area contributed by atoms with E-state index in [4.69, 9.17) is 4.74 Å². The van der Waals surface area contributed by atoms with Crippen LogP contribution in [0.15, 0.2) is 84.9 Å². The molecule has 0 atom stereocenters. The van der Waals surface area contributed by atoms with Gasteiger partial charge in [-0.3, -0.25) is 0 Å². The molecule has 3 aromatic carbocycles. The number of rotatable bonds is 8. The van der Waals surface area contributed by atoms with E-state index < -0.39 is 0 Å². The van der Waals surface area contributed by atoms with Crippen LogP contribution in [0.25, 0.3) is 22.3 Å². The van der Waals surface area contributed by atoms with E-state index in [9.17, 15) is 0 Å². The second-order valence-corrected chi connectivity index (χ2v) is 7.72. The molecule has 5 aromatic rings. The molecule has 0 aliphatic carbocycles. The number of H-pyrrole nitrogens is 1. The van der Waals surface area contributed by atoms with Crippen molar-refractivity contribution in [3.8, 4) is 17.1 Å². The lowest BCUT2D eigenvalue weighted by molar-refractivity contribution is 0.301. The normalized spacial score (nSPS) is 11.0. The van der Waals surface area contributed by atoms with Crippen molar-refractivity contribution in [2.45, 2.75) is 25.9 Å². The summed E-state index contributed by atoms with van der Waals surface area (Å²) in [7, 11) is 0. The summed E-state index contributed by atoms with van der Waals surface area (Å²) < 4.78 is 6.02. The first-order valence-corrected chi connectivity index (χ1v) is 10.7. The van der Waals surface area contributed by atoms with Gasteiger partial charge in [0.15, 0.2) is 0 Å². The zero-order valence-electron chi connectivity index (χ0n) is 17.6. The van der Waals surface area contributed by atoms with Crippen LogP contribution in [0.4, 0.5) is 0 Å². The molecule has 0 aliphatic rings. The molecule has 5 rings (SSSR count). The second kappa shape index (κ2) is 9.39. The third-order valence-corrected chi connectivity index (χ3v) is 5.40. The third kappa shape index (κ3) is 4.81. The summed E-state index contributed by atoms with van der Waals surface area (Å²) in [4.78, 5) is 4.68. The largest absolute Gasteiger partial charge is 0.487 e. The average Bonchev–Trinajstić information content (AvgIpc) is 3.38. The van der Waals surface area contributed by atoms with Gasteiger partial charge < -0.3 is 4.74 Å². The van der Waals surface area contributed by atoms with Crippen LogP contribution in [0.1, 0.15) is 23.2 Å². The number of benzene rings is 3. The Balaban J connectivity index is 1.17. The molecule has 0 radical (unpaired) electrons. The van der Waals surface area contributed by atoms with Crippen molar-refractivity contribution in [2.75, 3.05) is 0 Å². The number of pyridine rings is 1. The van der Waals surface area contributed by atoms with Crippen molar-refractivity contribution in [3.05, 3.63) is 102 Å². The molecule has 1 N–H and O–H groups in total. The minimum Gasteiger partial charge on any atom is -0.487 e. The highest BCUT2D eigenvalue weighted by molar-refractivity contribution is 5.78. The zero-order chi connectivity index (χ0) is 21.6. The fourth-order valence-electron chi connectivity index (χ4n) is 3.78. The van der Waals surface area contributed by atoms with Crippen LogP contribution in [0, 0.1) is 0 Å². The average molecular weight is 422 g/mol. The highest BCUT2D eigenvalue weighted by Crippen LogP contribution is 2.20. The van der Waals surface area contributed by atoms with E-state index in [2.05, 4.69) is 68.1 Å². The number of para-hydroxylation sites is 1. The van der Waals surface area contributed by atoms with Gasteiger partial charge >= 0.3 is 0 Å². The minimum atomic E-state index is 0.456. The van der Waals surface area contributed by atoms with E-state index in [1.165, 1.54) is 11.1 Å². The van der Waals surface area contributed by atoms with E-state index in [-0.39, 0.29) is 0 Å². The Kier molecular flexibility index (Phi) is 5.83. The monoisotopic (exact) mass is 421 g/mol. The maximum absolute atomic E-state index is 6.02. The quantitative estimate of drug-likeness (QED) is 0.374. The zero-order valence-corrected chi connectivity index (χ0v) is 17.6. The van der Waals surface area contributed by atoms with Crippen LogP contribution in [-0.4, -0.2) is 25.6 Å². The Bertz CT molecular complexity index is 1320. The molecule has 0 saturated heterocycles. The predicted molar refractivity (Wildman–Crippen MR) is 124 cm³/mol. The summed E-state index contributed by atoms with van der Waals surface area (Å²) in [6.07, 6.45) is 3.01. The van der Waals surface area contributed by atoms with Crippen molar-refractivity contribution in [3.63, 3.8) is 0 Å². The lowest BCUT2D eigenvalue weighted by Gasteiger charge is -2.09. The maximum atomic E-state index is 6.02. The van der Waals surface area contributed by atoms with Gasteiger partial charge in [-0.1, -0.05) is 54.6 Å². The number of aromatic nitrogens is 5. The maximum Gasteiger partial charge on any atom is 0.204 e. The molecule has 0 spiro atoms. The fraction of sp³-hybridized carbons (Fsp3) is 0.154. The first-order chi connectivity index (χ1) is 15.8. The lowest BCUT2D eigenvalue weighted by atomic mass is 10.0. The molecule has 6 nitrogen and oxygen atoms in total. The van der Waals surface area contributed by atoms with Crippen LogP contribution in [0.2, 0.25) is 0 Å². The molecule has 2 aromatic heterocycles. The second-order valence-electron chi connectivity index (χ2n) is 7.72. The van der Waals surface area contributed by atoms with Crippen molar-refractivity contribution in [1.29, 1.82) is 0 Å². The Morgan fingerprint density at radius 1 is 0.781 bits per heavy atom. The molecule has 6 heteroatoms. The van der Waals surface area contributed by atoms with Crippen molar-refractivity contribution >= 4 is 10.9 Å². The molecular weight excluding hydrogens is 398 g/mol. The number of aryl methyl sites for hydroxylation is 2. The molecule has 32 heavy (non-hydrogen) atoms. The lowest BCUT2D eigenvalue weighted by Crippen LogP contribution is -1.99.